The molecule has 0 radical (unpaired) electrons. The number of amides is 1. The zero-order chi connectivity index (χ0) is 15.9. The fourth-order valence-electron chi connectivity index (χ4n) is 4.03. The van der Waals surface area contributed by atoms with Crippen LogP contribution in [-0.4, -0.2) is 25.5 Å². The van der Waals surface area contributed by atoms with Crippen molar-refractivity contribution >= 4 is 11.6 Å². The van der Waals surface area contributed by atoms with Gasteiger partial charge in [-0.25, -0.2) is 0 Å². The molecule has 0 unspecified atom stereocenters. The molecule has 118 valence electrons. The van der Waals surface area contributed by atoms with Gasteiger partial charge >= 0.3 is 0 Å². The Morgan fingerprint density at radius 1 is 1.09 bits per heavy atom. The molecule has 1 saturated heterocycles. The van der Waals surface area contributed by atoms with E-state index >= 15 is 0 Å². The number of piperidine rings is 1. The van der Waals surface area contributed by atoms with Gasteiger partial charge in [0.2, 0.25) is 0 Å². The molecule has 2 aliphatic rings. The highest BCUT2D eigenvalue weighted by Crippen LogP contribution is 2.46. The van der Waals surface area contributed by atoms with E-state index < -0.39 is 0 Å². The number of aryl methyl sites for hydroxylation is 1. The summed E-state index contributed by atoms with van der Waals surface area (Å²) in [6.45, 7) is 5.00. The Morgan fingerprint density at radius 2 is 1.83 bits per heavy atom. The van der Waals surface area contributed by atoms with Crippen molar-refractivity contribution in [3.05, 3.63) is 65.2 Å². The van der Waals surface area contributed by atoms with Gasteiger partial charge in [-0.15, -0.1) is 0 Å². The maximum atomic E-state index is 13.0. The highest BCUT2D eigenvalue weighted by atomic mass is 16.2. The number of carbonyl (C=O) groups excluding carboxylic acids is 1. The van der Waals surface area contributed by atoms with Gasteiger partial charge in [0.25, 0.3) is 5.91 Å². The number of hydrogen-bond acceptors (Lipinski definition) is 2. The summed E-state index contributed by atoms with van der Waals surface area (Å²) in [5.41, 5.74) is 4.63. The largest absolute Gasteiger partial charge is 0.317 e. The van der Waals surface area contributed by atoms with Crippen LogP contribution >= 0.6 is 0 Å². The van der Waals surface area contributed by atoms with E-state index in [1.807, 2.05) is 35.2 Å². The molecule has 0 saturated carbocycles. The third-order valence-corrected chi connectivity index (χ3v) is 5.30. The maximum Gasteiger partial charge on any atom is 0.258 e. The lowest BCUT2D eigenvalue weighted by Gasteiger charge is -2.34. The van der Waals surface area contributed by atoms with Crippen molar-refractivity contribution in [2.75, 3.05) is 24.5 Å². The molecular formula is C20H22N2O. The zero-order valence-corrected chi connectivity index (χ0v) is 13.5. The highest BCUT2D eigenvalue weighted by Gasteiger charge is 2.45. The highest BCUT2D eigenvalue weighted by molar-refractivity contribution is 6.07. The first-order valence-electron chi connectivity index (χ1n) is 8.38. The van der Waals surface area contributed by atoms with Crippen molar-refractivity contribution in [1.29, 1.82) is 0 Å². The lowest BCUT2D eigenvalue weighted by Crippen LogP contribution is -2.44. The number of rotatable bonds is 1. The second-order valence-corrected chi connectivity index (χ2v) is 6.81. The fraction of sp³-hybridized carbons (Fsp3) is 0.350. The first-order chi connectivity index (χ1) is 11.2. The molecule has 1 N–H and O–H groups in total. The number of anilines is 1. The van der Waals surface area contributed by atoms with Gasteiger partial charge < -0.3 is 10.2 Å². The molecule has 2 heterocycles. The smallest absolute Gasteiger partial charge is 0.258 e. The summed E-state index contributed by atoms with van der Waals surface area (Å²) in [7, 11) is 0. The van der Waals surface area contributed by atoms with Crippen molar-refractivity contribution in [2.45, 2.75) is 25.2 Å². The van der Waals surface area contributed by atoms with Crippen LogP contribution in [0.4, 0.5) is 5.69 Å². The second kappa shape index (κ2) is 5.50. The first-order valence-corrected chi connectivity index (χ1v) is 8.38. The Bertz CT molecular complexity index is 733. The van der Waals surface area contributed by atoms with Crippen molar-refractivity contribution in [2.24, 2.45) is 0 Å². The molecule has 4 rings (SSSR count). The average molecular weight is 306 g/mol. The van der Waals surface area contributed by atoms with E-state index in [1.165, 1.54) is 11.1 Å². The van der Waals surface area contributed by atoms with Gasteiger partial charge in [-0.2, -0.15) is 0 Å². The van der Waals surface area contributed by atoms with Gasteiger partial charge in [-0.05, 0) is 56.6 Å². The Labute approximate surface area is 137 Å². The van der Waals surface area contributed by atoms with Crippen LogP contribution < -0.4 is 10.2 Å². The minimum Gasteiger partial charge on any atom is -0.317 e. The standard InChI is InChI=1S/C20H22N2O/c1-15-7-8-18-17(13-15)20(9-11-21-12-10-20)14-22(18)19(23)16-5-3-2-4-6-16/h2-8,13,21H,9-12,14H2,1H3. The molecule has 23 heavy (non-hydrogen) atoms. The van der Waals surface area contributed by atoms with Gasteiger partial charge in [0.1, 0.15) is 0 Å². The molecule has 1 spiro atoms. The number of hydrogen-bond donors (Lipinski definition) is 1. The molecule has 2 aromatic carbocycles. The molecule has 0 aromatic heterocycles. The summed E-state index contributed by atoms with van der Waals surface area (Å²) in [5, 5.41) is 3.45. The number of carbonyl (C=O) groups is 1. The number of nitrogens with zero attached hydrogens (tertiary/aromatic N) is 1. The van der Waals surface area contributed by atoms with Crippen molar-refractivity contribution in [1.82, 2.24) is 5.32 Å². The normalized spacial score (nSPS) is 18.9. The summed E-state index contributed by atoms with van der Waals surface area (Å²) in [6.07, 6.45) is 2.20. The van der Waals surface area contributed by atoms with Gasteiger partial charge in [-0.3, -0.25) is 4.79 Å². The van der Waals surface area contributed by atoms with E-state index in [-0.39, 0.29) is 11.3 Å². The van der Waals surface area contributed by atoms with E-state index in [9.17, 15) is 4.79 Å². The summed E-state index contributed by atoms with van der Waals surface area (Å²) < 4.78 is 0. The molecule has 1 fully saturated rings. The molecule has 2 aliphatic heterocycles. The molecule has 0 atom stereocenters. The van der Waals surface area contributed by atoms with Crippen molar-refractivity contribution in [3.8, 4) is 0 Å². The Hall–Kier alpha value is -2.13. The van der Waals surface area contributed by atoms with Crippen LogP contribution in [-0.2, 0) is 5.41 Å². The van der Waals surface area contributed by atoms with Crippen LogP contribution in [0.25, 0.3) is 0 Å². The topological polar surface area (TPSA) is 32.3 Å². The first kappa shape index (κ1) is 14.5. The number of benzene rings is 2. The third kappa shape index (κ3) is 2.36. The SMILES string of the molecule is Cc1ccc2c(c1)C1(CCNCC1)CN2C(=O)c1ccccc1. The monoisotopic (exact) mass is 306 g/mol. The second-order valence-electron chi connectivity index (χ2n) is 6.81. The fourth-order valence-corrected chi connectivity index (χ4v) is 4.03. The third-order valence-electron chi connectivity index (χ3n) is 5.30. The van der Waals surface area contributed by atoms with Crippen molar-refractivity contribution < 1.29 is 4.79 Å². The summed E-state index contributed by atoms with van der Waals surface area (Å²) >= 11 is 0. The Kier molecular flexibility index (Phi) is 3.46. The van der Waals surface area contributed by atoms with E-state index in [1.54, 1.807) is 0 Å². The van der Waals surface area contributed by atoms with Gasteiger partial charge in [0.15, 0.2) is 0 Å². The predicted octanol–water partition coefficient (Wildman–Crippen LogP) is 3.28. The molecular weight excluding hydrogens is 284 g/mol. The Balaban J connectivity index is 1.77. The zero-order valence-electron chi connectivity index (χ0n) is 13.5. The lowest BCUT2D eigenvalue weighted by atomic mass is 9.74. The van der Waals surface area contributed by atoms with Crippen LogP contribution in [0.5, 0.6) is 0 Å². The van der Waals surface area contributed by atoms with Crippen molar-refractivity contribution in [3.63, 3.8) is 0 Å². The van der Waals surface area contributed by atoms with Crippen LogP contribution in [0.3, 0.4) is 0 Å². The Morgan fingerprint density at radius 3 is 2.57 bits per heavy atom. The molecule has 3 nitrogen and oxygen atoms in total. The van der Waals surface area contributed by atoms with Crippen LogP contribution in [0.1, 0.15) is 34.3 Å². The van der Waals surface area contributed by atoms with Gasteiger partial charge in [-0.1, -0.05) is 35.9 Å². The maximum absolute atomic E-state index is 13.0. The van der Waals surface area contributed by atoms with Crippen LogP contribution in [0, 0.1) is 6.92 Å². The molecule has 2 aromatic rings. The summed E-state index contributed by atoms with van der Waals surface area (Å²) in [4.78, 5) is 15.0. The summed E-state index contributed by atoms with van der Waals surface area (Å²) in [6, 6.07) is 16.2. The minimum atomic E-state index is 0.117. The van der Waals surface area contributed by atoms with E-state index in [2.05, 4.69) is 30.4 Å². The van der Waals surface area contributed by atoms with Crippen LogP contribution in [0.15, 0.2) is 48.5 Å². The summed E-state index contributed by atoms with van der Waals surface area (Å²) in [5.74, 6) is 0.117. The molecule has 0 aliphatic carbocycles. The average Bonchev–Trinajstić information content (AvgIpc) is 2.89. The number of fused-ring (bicyclic) bond motifs is 2. The number of nitrogens with one attached hydrogen (secondary N) is 1. The minimum absolute atomic E-state index is 0.117. The van der Waals surface area contributed by atoms with E-state index in [4.69, 9.17) is 0 Å². The molecule has 3 heteroatoms. The van der Waals surface area contributed by atoms with Crippen LogP contribution in [0.2, 0.25) is 0 Å². The molecule has 1 amide bonds. The van der Waals surface area contributed by atoms with Gasteiger partial charge in [0.05, 0.1) is 0 Å². The molecule has 0 bridgehead atoms. The lowest BCUT2D eigenvalue weighted by molar-refractivity contribution is 0.0983. The quantitative estimate of drug-likeness (QED) is 0.877. The van der Waals surface area contributed by atoms with E-state index in [0.29, 0.717) is 0 Å². The predicted molar refractivity (Wildman–Crippen MR) is 93.1 cm³/mol. The van der Waals surface area contributed by atoms with E-state index in [0.717, 1.165) is 43.7 Å². The van der Waals surface area contributed by atoms with Gasteiger partial charge in [0, 0.05) is 23.2 Å².